The number of nitrogens with one attached hydrogen (secondary N) is 1. The zero-order chi connectivity index (χ0) is 15.8. The molecule has 0 saturated carbocycles. The number of nitrogens with zero attached hydrogens (tertiary/aromatic N) is 2. The summed E-state index contributed by atoms with van der Waals surface area (Å²) in [6.07, 6.45) is 3.03. The zero-order valence-corrected chi connectivity index (χ0v) is 12.5. The Bertz CT molecular complexity index is 573. The van der Waals surface area contributed by atoms with Gasteiger partial charge in [0.2, 0.25) is 5.91 Å². The number of aromatic nitrogens is 1. The maximum atomic E-state index is 12.4. The summed E-state index contributed by atoms with van der Waals surface area (Å²) in [7, 11) is 1.57. The van der Waals surface area contributed by atoms with Crippen LogP contribution in [0.25, 0.3) is 0 Å². The lowest BCUT2D eigenvalue weighted by atomic mass is 10.1. The summed E-state index contributed by atoms with van der Waals surface area (Å²) in [5, 5.41) is 2.74. The van der Waals surface area contributed by atoms with E-state index < -0.39 is 0 Å². The van der Waals surface area contributed by atoms with Crippen LogP contribution in [0.4, 0.5) is 0 Å². The summed E-state index contributed by atoms with van der Waals surface area (Å²) in [6.45, 7) is 3.92. The largest absolute Gasteiger partial charge is 0.352 e. The second-order valence-electron chi connectivity index (χ2n) is 4.81. The van der Waals surface area contributed by atoms with Gasteiger partial charge in [-0.1, -0.05) is 11.8 Å². The van der Waals surface area contributed by atoms with Crippen molar-refractivity contribution in [3.05, 3.63) is 29.6 Å². The zero-order valence-electron chi connectivity index (χ0n) is 12.5. The number of carbonyl (C=O) groups is 2. The van der Waals surface area contributed by atoms with Crippen molar-refractivity contribution in [3.8, 4) is 11.8 Å². The second-order valence-corrected chi connectivity index (χ2v) is 4.81. The van der Waals surface area contributed by atoms with Gasteiger partial charge in [0.25, 0.3) is 5.91 Å². The lowest BCUT2D eigenvalue weighted by molar-refractivity contribution is -0.122. The minimum absolute atomic E-state index is 0.0108. The number of rotatable bonds is 4. The maximum Gasteiger partial charge on any atom is 0.255 e. The van der Waals surface area contributed by atoms with E-state index in [1.54, 1.807) is 13.1 Å². The Labute approximate surface area is 124 Å². The Morgan fingerprint density at radius 1 is 1.48 bits per heavy atom. The Kier molecular flexibility index (Phi) is 6.37. The van der Waals surface area contributed by atoms with Crippen LogP contribution in [-0.4, -0.2) is 47.9 Å². The molecule has 0 spiro atoms. The second kappa shape index (κ2) is 8.02. The third-order valence-corrected chi connectivity index (χ3v) is 2.55. The molecule has 2 amide bonds. The van der Waals surface area contributed by atoms with E-state index in [4.69, 9.17) is 5.73 Å². The predicted molar refractivity (Wildman–Crippen MR) is 80.4 cm³/mol. The van der Waals surface area contributed by atoms with Crippen LogP contribution in [0.5, 0.6) is 0 Å². The fourth-order valence-electron chi connectivity index (χ4n) is 1.69. The highest BCUT2D eigenvalue weighted by Crippen LogP contribution is 2.08. The Balaban J connectivity index is 2.86. The third kappa shape index (κ3) is 5.24. The molecular formula is C15H20N4O2. The van der Waals surface area contributed by atoms with Gasteiger partial charge >= 0.3 is 0 Å². The number of carbonyl (C=O) groups excluding carboxylic acids is 2. The molecule has 6 heteroatoms. The Morgan fingerprint density at radius 3 is 2.81 bits per heavy atom. The molecule has 0 aliphatic rings. The van der Waals surface area contributed by atoms with Crippen molar-refractivity contribution in [2.45, 2.75) is 19.9 Å². The molecule has 0 aliphatic carbocycles. The van der Waals surface area contributed by atoms with Crippen LogP contribution in [0.3, 0.4) is 0 Å². The quantitative estimate of drug-likeness (QED) is 0.763. The van der Waals surface area contributed by atoms with Gasteiger partial charge in [-0.3, -0.25) is 14.6 Å². The first-order valence-electron chi connectivity index (χ1n) is 6.63. The first kappa shape index (κ1) is 16.7. The van der Waals surface area contributed by atoms with Gasteiger partial charge in [-0.2, -0.15) is 0 Å². The van der Waals surface area contributed by atoms with Crippen molar-refractivity contribution in [2.24, 2.45) is 5.73 Å². The van der Waals surface area contributed by atoms with E-state index in [0.717, 1.165) is 0 Å². The third-order valence-electron chi connectivity index (χ3n) is 2.55. The average molecular weight is 288 g/mol. The van der Waals surface area contributed by atoms with Gasteiger partial charge in [0.05, 0.1) is 24.2 Å². The van der Waals surface area contributed by atoms with E-state index in [9.17, 15) is 9.59 Å². The SMILES string of the molecule is CC(C)NC(=O)CN(C)C(=O)c1ccncc1C#CCN. The molecule has 0 unspecified atom stereocenters. The molecule has 6 nitrogen and oxygen atoms in total. The first-order valence-corrected chi connectivity index (χ1v) is 6.63. The molecule has 0 radical (unpaired) electrons. The molecule has 1 aromatic rings. The van der Waals surface area contributed by atoms with Crippen molar-refractivity contribution in [1.82, 2.24) is 15.2 Å². The lowest BCUT2D eigenvalue weighted by Gasteiger charge is -2.18. The van der Waals surface area contributed by atoms with Crippen LogP contribution in [0.1, 0.15) is 29.8 Å². The smallest absolute Gasteiger partial charge is 0.255 e. The van der Waals surface area contributed by atoms with Crippen LogP contribution >= 0.6 is 0 Å². The highest BCUT2D eigenvalue weighted by molar-refractivity contribution is 5.98. The summed E-state index contributed by atoms with van der Waals surface area (Å²) in [5.74, 6) is 5.02. The van der Waals surface area contributed by atoms with Crippen LogP contribution in [0.15, 0.2) is 18.5 Å². The molecule has 0 aliphatic heterocycles. The van der Waals surface area contributed by atoms with Gasteiger partial charge in [-0.15, -0.1) is 0 Å². The summed E-state index contributed by atoms with van der Waals surface area (Å²) >= 11 is 0. The van der Waals surface area contributed by atoms with Crippen LogP contribution in [-0.2, 0) is 4.79 Å². The fraction of sp³-hybridized carbons (Fsp3) is 0.400. The van der Waals surface area contributed by atoms with Crippen molar-refractivity contribution in [1.29, 1.82) is 0 Å². The van der Waals surface area contributed by atoms with Gasteiger partial charge in [0, 0.05) is 25.5 Å². The van der Waals surface area contributed by atoms with Crippen LogP contribution < -0.4 is 11.1 Å². The molecule has 3 N–H and O–H groups in total. The number of pyridine rings is 1. The van der Waals surface area contributed by atoms with E-state index in [1.807, 2.05) is 13.8 Å². The van der Waals surface area contributed by atoms with E-state index in [1.165, 1.54) is 17.3 Å². The molecule has 1 heterocycles. The van der Waals surface area contributed by atoms with Crippen molar-refractivity contribution < 1.29 is 9.59 Å². The van der Waals surface area contributed by atoms with Crippen LogP contribution in [0, 0.1) is 11.8 Å². The van der Waals surface area contributed by atoms with Crippen molar-refractivity contribution in [2.75, 3.05) is 20.1 Å². The number of hydrogen-bond acceptors (Lipinski definition) is 4. The number of amides is 2. The highest BCUT2D eigenvalue weighted by atomic mass is 16.2. The number of nitrogens with two attached hydrogens (primary N) is 1. The van der Waals surface area contributed by atoms with E-state index >= 15 is 0 Å². The molecule has 1 aromatic heterocycles. The highest BCUT2D eigenvalue weighted by Gasteiger charge is 2.17. The normalized spacial score (nSPS) is 9.76. The van der Waals surface area contributed by atoms with Crippen molar-refractivity contribution >= 4 is 11.8 Å². The van der Waals surface area contributed by atoms with Gasteiger partial charge < -0.3 is 16.0 Å². The van der Waals surface area contributed by atoms with E-state index in [-0.39, 0.29) is 30.9 Å². The molecule has 0 fully saturated rings. The monoisotopic (exact) mass is 288 g/mol. The maximum absolute atomic E-state index is 12.4. The molecule has 0 atom stereocenters. The minimum Gasteiger partial charge on any atom is -0.352 e. The molecule has 1 rings (SSSR count). The van der Waals surface area contributed by atoms with Gasteiger partial charge in [0.15, 0.2) is 0 Å². The topological polar surface area (TPSA) is 88.3 Å². The molecule has 21 heavy (non-hydrogen) atoms. The van der Waals surface area contributed by atoms with Crippen LogP contribution in [0.2, 0.25) is 0 Å². The standard InChI is InChI=1S/C15H20N4O2/c1-11(2)18-14(20)10-19(3)15(21)13-6-8-17-9-12(13)5-4-7-16/h6,8-9,11H,7,10,16H2,1-3H3,(H,18,20). The predicted octanol–water partition coefficient (Wildman–Crippen LogP) is -0.0116. The number of hydrogen-bond donors (Lipinski definition) is 2. The number of likely N-dealkylation sites (N-methyl/N-ethyl adjacent to an activating group) is 1. The van der Waals surface area contributed by atoms with E-state index in [2.05, 4.69) is 22.1 Å². The molecule has 0 aromatic carbocycles. The summed E-state index contributed by atoms with van der Waals surface area (Å²) in [5.41, 5.74) is 6.24. The first-order chi connectivity index (χ1) is 9.95. The molecule has 0 saturated heterocycles. The molecular weight excluding hydrogens is 268 g/mol. The minimum atomic E-state index is -0.280. The molecule has 0 bridgehead atoms. The lowest BCUT2D eigenvalue weighted by Crippen LogP contribution is -2.41. The van der Waals surface area contributed by atoms with Gasteiger partial charge in [0.1, 0.15) is 0 Å². The Morgan fingerprint density at radius 2 is 2.19 bits per heavy atom. The summed E-state index contributed by atoms with van der Waals surface area (Å²) in [4.78, 5) is 29.4. The van der Waals surface area contributed by atoms with Gasteiger partial charge in [-0.25, -0.2) is 0 Å². The van der Waals surface area contributed by atoms with Crippen molar-refractivity contribution in [3.63, 3.8) is 0 Å². The Hall–Kier alpha value is -2.39. The van der Waals surface area contributed by atoms with E-state index in [0.29, 0.717) is 11.1 Å². The summed E-state index contributed by atoms with van der Waals surface area (Å²) < 4.78 is 0. The summed E-state index contributed by atoms with van der Waals surface area (Å²) in [6, 6.07) is 1.62. The van der Waals surface area contributed by atoms with Gasteiger partial charge in [-0.05, 0) is 19.9 Å². The molecule has 112 valence electrons. The average Bonchev–Trinajstić information content (AvgIpc) is 2.43. The fourth-order valence-corrected chi connectivity index (χ4v) is 1.69.